The van der Waals surface area contributed by atoms with E-state index < -0.39 is 0 Å². The van der Waals surface area contributed by atoms with Gasteiger partial charge in [-0.2, -0.15) is 0 Å². The summed E-state index contributed by atoms with van der Waals surface area (Å²) in [6, 6.07) is 15.2. The summed E-state index contributed by atoms with van der Waals surface area (Å²) in [4.78, 5) is 24.3. The van der Waals surface area contributed by atoms with Gasteiger partial charge in [0.25, 0.3) is 5.91 Å². The molecule has 2 N–H and O–H groups in total. The van der Waals surface area contributed by atoms with Gasteiger partial charge in [0.05, 0.1) is 4.58 Å². The Labute approximate surface area is 167 Å². The van der Waals surface area contributed by atoms with Crippen LogP contribution in [0.2, 0.25) is 0 Å². The standard InChI is InChI=1S/C21H22N2O2S2/c24-19(14-5-6-14)22-17-9-7-15(8-10-17)20(25)23-18-4-1-3-16(13-18)21-26-11-2-12-27-21/h1,3-4,7-10,13-14,21H,2,5-6,11-12H2,(H,22,24)(H,23,25). The van der Waals surface area contributed by atoms with Crippen molar-refractivity contribution in [1.29, 1.82) is 0 Å². The Hall–Kier alpha value is -1.92. The van der Waals surface area contributed by atoms with E-state index in [0.717, 1.165) is 24.2 Å². The van der Waals surface area contributed by atoms with Gasteiger partial charge in [-0.15, -0.1) is 23.5 Å². The number of rotatable bonds is 5. The van der Waals surface area contributed by atoms with Crippen molar-refractivity contribution >= 4 is 46.7 Å². The molecule has 4 rings (SSSR count). The van der Waals surface area contributed by atoms with Crippen LogP contribution in [0.15, 0.2) is 48.5 Å². The highest BCUT2D eigenvalue weighted by molar-refractivity contribution is 8.16. The molecule has 0 radical (unpaired) electrons. The summed E-state index contributed by atoms with van der Waals surface area (Å²) < 4.78 is 0.449. The molecule has 4 nitrogen and oxygen atoms in total. The largest absolute Gasteiger partial charge is 0.326 e. The highest BCUT2D eigenvalue weighted by atomic mass is 32.2. The predicted molar refractivity (Wildman–Crippen MR) is 114 cm³/mol. The van der Waals surface area contributed by atoms with Crippen molar-refractivity contribution in [3.63, 3.8) is 0 Å². The smallest absolute Gasteiger partial charge is 0.255 e. The van der Waals surface area contributed by atoms with Crippen LogP contribution in [0.3, 0.4) is 0 Å². The summed E-state index contributed by atoms with van der Waals surface area (Å²) >= 11 is 3.94. The molecule has 1 saturated heterocycles. The summed E-state index contributed by atoms with van der Waals surface area (Å²) in [5, 5.41) is 5.87. The first-order valence-electron chi connectivity index (χ1n) is 9.24. The van der Waals surface area contributed by atoms with Crippen LogP contribution in [0.5, 0.6) is 0 Å². The third kappa shape index (κ3) is 4.87. The molecule has 0 aromatic heterocycles. The SMILES string of the molecule is O=C(Nc1cccc(C2SCCCS2)c1)c1ccc(NC(=O)C2CC2)cc1. The van der Waals surface area contributed by atoms with Gasteiger partial charge in [-0.25, -0.2) is 0 Å². The minimum Gasteiger partial charge on any atom is -0.326 e. The lowest BCUT2D eigenvalue weighted by Crippen LogP contribution is -2.14. The first kappa shape index (κ1) is 18.4. The number of thioether (sulfide) groups is 2. The molecule has 1 saturated carbocycles. The summed E-state index contributed by atoms with van der Waals surface area (Å²) in [5.74, 6) is 2.48. The number of anilines is 2. The number of benzene rings is 2. The van der Waals surface area contributed by atoms with E-state index in [-0.39, 0.29) is 17.7 Å². The maximum atomic E-state index is 12.5. The zero-order valence-electron chi connectivity index (χ0n) is 14.9. The number of carbonyl (C=O) groups excluding carboxylic acids is 2. The molecule has 140 valence electrons. The molecule has 2 aliphatic rings. The Morgan fingerprint density at radius 1 is 0.889 bits per heavy atom. The van der Waals surface area contributed by atoms with Crippen molar-refractivity contribution < 1.29 is 9.59 Å². The van der Waals surface area contributed by atoms with Gasteiger partial charge >= 0.3 is 0 Å². The van der Waals surface area contributed by atoms with E-state index in [1.807, 2.05) is 35.7 Å². The van der Waals surface area contributed by atoms with Gasteiger partial charge in [-0.1, -0.05) is 12.1 Å². The third-order valence-corrected chi connectivity index (χ3v) is 7.62. The molecule has 0 atom stereocenters. The number of nitrogens with one attached hydrogen (secondary N) is 2. The summed E-state index contributed by atoms with van der Waals surface area (Å²) in [7, 11) is 0. The van der Waals surface area contributed by atoms with Gasteiger partial charge in [-0.05, 0) is 72.7 Å². The van der Waals surface area contributed by atoms with E-state index in [1.165, 1.54) is 23.5 Å². The molecular weight excluding hydrogens is 376 g/mol. The number of carbonyl (C=O) groups is 2. The van der Waals surface area contributed by atoms with Crippen LogP contribution in [0.1, 0.15) is 39.8 Å². The maximum absolute atomic E-state index is 12.5. The first-order valence-corrected chi connectivity index (χ1v) is 11.3. The predicted octanol–water partition coefficient (Wildman–Crippen LogP) is 5.16. The fourth-order valence-corrected chi connectivity index (χ4v) is 5.81. The van der Waals surface area contributed by atoms with Gasteiger partial charge in [0.1, 0.15) is 0 Å². The zero-order chi connectivity index (χ0) is 18.6. The topological polar surface area (TPSA) is 58.2 Å². The van der Waals surface area contributed by atoms with Gasteiger partial charge in [-0.3, -0.25) is 9.59 Å². The normalized spacial score (nSPS) is 17.3. The molecule has 0 spiro atoms. The quantitative estimate of drug-likeness (QED) is 0.731. The molecule has 2 fully saturated rings. The molecule has 2 aromatic carbocycles. The second-order valence-corrected chi connectivity index (χ2v) is 9.57. The van der Waals surface area contributed by atoms with Crippen molar-refractivity contribution in [1.82, 2.24) is 0 Å². The summed E-state index contributed by atoms with van der Waals surface area (Å²) in [6.07, 6.45) is 3.21. The van der Waals surface area contributed by atoms with Gasteiger partial charge in [0.15, 0.2) is 0 Å². The minimum atomic E-state index is -0.142. The Balaban J connectivity index is 1.39. The zero-order valence-corrected chi connectivity index (χ0v) is 16.6. The first-order chi connectivity index (χ1) is 13.2. The van der Waals surface area contributed by atoms with Crippen molar-refractivity contribution in [3.05, 3.63) is 59.7 Å². The summed E-state index contributed by atoms with van der Waals surface area (Å²) in [6.45, 7) is 0. The fourth-order valence-electron chi connectivity index (χ4n) is 2.94. The van der Waals surface area contributed by atoms with E-state index in [4.69, 9.17) is 0 Å². The molecule has 0 bridgehead atoms. The Kier molecular flexibility index (Phi) is 5.74. The van der Waals surface area contributed by atoms with Crippen LogP contribution < -0.4 is 10.6 Å². The number of hydrogen-bond acceptors (Lipinski definition) is 4. The third-order valence-electron chi connectivity index (χ3n) is 4.61. The van der Waals surface area contributed by atoms with Gasteiger partial charge in [0.2, 0.25) is 5.91 Å². The maximum Gasteiger partial charge on any atom is 0.255 e. The lowest BCUT2D eigenvalue weighted by molar-refractivity contribution is -0.117. The van der Waals surface area contributed by atoms with Gasteiger partial charge in [0, 0.05) is 22.9 Å². The van der Waals surface area contributed by atoms with Crippen LogP contribution >= 0.6 is 23.5 Å². The summed E-state index contributed by atoms with van der Waals surface area (Å²) in [5.41, 5.74) is 3.37. The molecule has 1 aliphatic heterocycles. The number of hydrogen-bond donors (Lipinski definition) is 2. The Morgan fingerprint density at radius 2 is 1.63 bits per heavy atom. The van der Waals surface area contributed by atoms with E-state index in [2.05, 4.69) is 22.8 Å². The lowest BCUT2D eigenvalue weighted by Gasteiger charge is -2.21. The van der Waals surface area contributed by atoms with Crippen molar-refractivity contribution in [2.24, 2.45) is 5.92 Å². The van der Waals surface area contributed by atoms with Crippen molar-refractivity contribution in [3.8, 4) is 0 Å². The van der Waals surface area contributed by atoms with Crippen molar-refractivity contribution in [2.75, 3.05) is 22.1 Å². The molecule has 1 aliphatic carbocycles. The second kappa shape index (κ2) is 8.40. The highest BCUT2D eigenvalue weighted by Crippen LogP contribution is 2.44. The Morgan fingerprint density at radius 3 is 2.33 bits per heavy atom. The average Bonchev–Trinajstić information content (AvgIpc) is 3.55. The van der Waals surface area contributed by atoms with E-state index in [0.29, 0.717) is 10.1 Å². The van der Waals surface area contributed by atoms with Crippen LogP contribution in [-0.2, 0) is 4.79 Å². The van der Waals surface area contributed by atoms with E-state index in [1.54, 1.807) is 24.3 Å². The minimum absolute atomic E-state index is 0.0717. The van der Waals surface area contributed by atoms with Crippen LogP contribution in [0.25, 0.3) is 0 Å². The van der Waals surface area contributed by atoms with E-state index >= 15 is 0 Å². The number of amides is 2. The highest BCUT2D eigenvalue weighted by Gasteiger charge is 2.29. The fraction of sp³-hybridized carbons (Fsp3) is 0.333. The van der Waals surface area contributed by atoms with Crippen LogP contribution in [-0.4, -0.2) is 23.3 Å². The van der Waals surface area contributed by atoms with Gasteiger partial charge < -0.3 is 10.6 Å². The average molecular weight is 399 g/mol. The molecule has 2 aromatic rings. The molecule has 6 heteroatoms. The molecule has 2 amide bonds. The van der Waals surface area contributed by atoms with Crippen LogP contribution in [0.4, 0.5) is 11.4 Å². The van der Waals surface area contributed by atoms with E-state index in [9.17, 15) is 9.59 Å². The molecule has 27 heavy (non-hydrogen) atoms. The Bertz CT molecular complexity index is 828. The molecular formula is C21H22N2O2S2. The molecule has 0 unspecified atom stereocenters. The monoisotopic (exact) mass is 398 g/mol. The lowest BCUT2D eigenvalue weighted by atomic mass is 10.1. The van der Waals surface area contributed by atoms with Crippen molar-refractivity contribution in [2.45, 2.75) is 23.8 Å². The van der Waals surface area contributed by atoms with Crippen LogP contribution in [0, 0.1) is 5.92 Å². The second-order valence-electron chi connectivity index (χ2n) is 6.85. The molecule has 1 heterocycles.